The lowest BCUT2D eigenvalue weighted by Crippen LogP contribution is -2.09. The van der Waals surface area contributed by atoms with Crippen LogP contribution in [0.2, 0.25) is 0 Å². The van der Waals surface area contributed by atoms with Crippen molar-refractivity contribution >= 4 is 17.9 Å². The van der Waals surface area contributed by atoms with Crippen molar-refractivity contribution < 1.29 is 0 Å². The second-order valence-corrected chi connectivity index (χ2v) is 4.12. The molecule has 1 aromatic rings. The molecule has 1 aliphatic heterocycles. The molecule has 0 unspecified atom stereocenters. The number of aliphatic imine (C=N–C) groups is 1. The minimum Gasteiger partial charge on any atom is -0.352 e. The summed E-state index contributed by atoms with van der Waals surface area (Å²) in [5.74, 6) is 0. The summed E-state index contributed by atoms with van der Waals surface area (Å²) in [5, 5.41) is 0. The summed E-state index contributed by atoms with van der Waals surface area (Å²) in [6.07, 6.45) is 5.58. The Balaban J connectivity index is 2.40. The molecule has 0 fully saturated rings. The van der Waals surface area contributed by atoms with Gasteiger partial charge in [0, 0.05) is 24.0 Å². The van der Waals surface area contributed by atoms with Crippen LogP contribution in [0.15, 0.2) is 17.3 Å². The summed E-state index contributed by atoms with van der Waals surface area (Å²) in [6, 6.07) is 2.00. The van der Waals surface area contributed by atoms with Gasteiger partial charge in [0.05, 0.1) is 0 Å². The Morgan fingerprint density at radius 1 is 1.43 bits per heavy atom. The van der Waals surface area contributed by atoms with Gasteiger partial charge in [-0.2, -0.15) is 0 Å². The van der Waals surface area contributed by atoms with Crippen molar-refractivity contribution in [3.05, 3.63) is 28.0 Å². The van der Waals surface area contributed by atoms with Crippen LogP contribution in [-0.4, -0.2) is 17.2 Å². The fourth-order valence-electron chi connectivity index (χ4n) is 1.80. The maximum atomic E-state index is 5.07. The molecule has 0 bridgehead atoms. The van der Waals surface area contributed by atoms with Gasteiger partial charge in [-0.1, -0.05) is 12.2 Å². The van der Waals surface area contributed by atoms with E-state index >= 15 is 0 Å². The molecule has 0 atom stereocenters. The highest BCUT2D eigenvalue weighted by atomic mass is 32.1. The first-order valence-corrected chi connectivity index (χ1v) is 5.41. The summed E-state index contributed by atoms with van der Waals surface area (Å²) in [4.78, 5) is 7.62. The van der Waals surface area contributed by atoms with E-state index in [1.807, 2.05) is 12.3 Å². The summed E-state index contributed by atoms with van der Waals surface area (Å²) in [6.45, 7) is 3.07. The zero-order valence-corrected chi connectivity index (χ0v) is 9.16. The lowest BCUT2D eigenvalue weighted by molar-refractivity contribution is 0.738. The predicted octanol–water partition coefficient (Wildman–Crippen LogP) is 3.03. The minimum atomic E-state index is 0.794. The number of aromatic amines is 1. The molecule has 0 saturated carbocycles. The number of nitrogens with one attached hydrogen (secondary N) is 1. The first-order chi connectivity index (χ1) is 6.77. The van der Waals surface area contributed by atoms with Gasteiger partial charge in [-0.05, 0) is 37.8 Å². The third-order valence-electron chi connectivity index (χ3n) is 2.57. The molecular formula is C11H14N2S. The number of H-pyrrole nitrogens is 1. The Kier molecular flexibility index (Phi) is 2.77. The van der Waals surface area contributed by atoms with Crippen molar-refractivity contribution in [3.8, 4) is 0 Å². The summed E-state index contributed by atoms with van der Waals surface area (Å²) in [7, 11) is 0. The van der Waals surface area contributed by atoms with Crippen LogP contribution in [0.1, 0.15) is 30.4 Å². The van der Waals surface area contributed by atoms with E-state index in [2.05, 4.69) is 16.9 Å². The van der Waals surface area contributed by atoms with Gasteiger partial charge in [0.15, 0.2) is 0 Å². The highest BCUT2D eigenvalue weighted by molar-refractivity contribution is 7.71. The van der Waals surface area contributed by atoms with E-state index in [1.54, 1.807) is 0 Å². The maximum absolute atomic E-state index is 5.07. The topological polar surface area (TPSA) is 28.1 Å². The number of hydrogen-bond acceptors (Lipinski definition) is 2. The first-order valence-electron chi connectivity index (χ1n) is 5.00. The molecule has 2 heterocycles. The molecular weight excluding hydrogens is 192 g/mol. The highest BCUT2D eigenvalue weighted by Gasteiger charge is 2.09. The molecule has 1 aliphatic rings. The average Bonchev–Trinajstić information content (AvgIpc) is 2.19. The normalized spacial score (nSPS) is 16.5. The fourth-order valence-corrected chi connectivity index (χ4v) is 2.04. The van der Waals surface area contributed by atoms with Crippen molar-refractivity contribution in [1.82, 2.24) is 4.98 Å². The Labute approximate surface area is 89.1 Å². The summed E-state index contributed by atoms with van der Waals surface area (Å²) < 4.78 is 0.794. The third kappa shape index (κ3) is 1.93. The Hall–Kier alpha value is -0.960. The van der Waals surface area contributed by atoms with E-state index in [0.29, 0.717) is 0 Å². The maximum Gasteiger partial charge on any atom is 0.103 e. The van der Waals surface area contributed by atoms with Gasteiger partial charge in [-0.25, -0.2) is 0 Å². The van der Waals surface area contributed by atoms with Gasteiger partial charge in [-0.15, -0.1) is 0 Å². The second kappa shape index (κ2) is 4.05. The van der Waals surface area contributed by atoms with Crippen molar-refractivity contribution in [2.75, 3.05) is 6.54 Å². The van der Waals surface area contributed by atoms with Crippen LogP contribution in [0.4, 0.5) is 0 Å². The van der Waals surface area contributed by atoms with Crippen molar-refractivity contribution in [2.45, 2.75) is 26.2 Å². The molecule has 0 aromatic carbocycles. The van der Waals surface area contributed by atoms with Crippen LogP contribution in [0.25, 0.3) is 0 Å². The van der Waals surface area contributed by atoms with E-state index in [4.69, 9.17) is 12.2 Å². The van der Waals surface area contributed by atoms with E-state index < -0.39 is 0 Å². The van der Waals surface area contributed by atoms with Gasteiger partial charge in [0.25, 0.3) is 0 Å². The molecule has 0 spiro atoms. The van der Waals surface area contributed by atoms with Crippen molar-refractivity contribution in [1.29, 1.82) is 0 Å². The summed E-state index contributed by atoms with van der Waals surface area (Å²) in [5.41, 5.74) is 3.70. The molecule has 0 radical (unpaired) electrons. The van der Waals surface area contributed by atoms with Crippen LogP contribution >= 0.6 is 12.2 Å². The molecule has 14 heavy (non-hydrogen) atoms. The van der Waals surface area contributed by atoms with Crippen LogP contribution < -0.4 is 0 Å². The molecule has 0 amide bonds. The van der Waals surface area contributed by atoms with Crippen LogP contribution in [-0.2, 0) is 0 Å². The predicted molar refractivity (Wildman–Crippen MR) is 61.6 cm³/mol. The molecule has 1 aromatic heterocycles. The molecule has 3 heteroatoms. The Morgan fingerprint density at radius 3 is 2.93 bits per heavy atom. The van der Waals surface area contributed by atoms with Gasteiger partial charge >= 0.3 is 0 Å². The molecule has 74 valence electrons. The van der Waals surface area contributed by atoms with Crippen molar-refractivity contribution in [3.63, 3.8) is 0 Å². The van der Waals surface area contributed by atoms with E-state index in [9.17, 15) is 0 Å². The van der Waals surface area contributed by atoms with Crippen LogP contribution in [0.3, 0.4) is 0 Å². The third-order valence-corrected chi connectivity index (χ3v) is 2.80. The van der Waals surface area contributed by atoms with Crippen molar-refractivity contribution in [2.24, 2.45) is 4.99 Å². The number of aromatic nitrogens is 1. The smallest absolute Gasteiger partial charge is 0.103 e. The number of pyridine rings is 1. The number of hydrogen-bond donors (Lipinski definition) is 1. The van der Waals surface area contributed by atoms with Gasteiger partial charge in [0.1, 0.15) is 4.64 Å². The number of nitrogens with zero attached hydrogens (tertiary/aromatic N) is 1. The molecule has 0 aliphatic carbocycles. The monoisotopic (exact) mass is 206 g/mol. The largest absolute Gasteiger partial charge is 0.352 e. The quantitative estimate of drug-likeness (QED) is 0.703. The Morgan fingerprint density at radius 2 is 2.29 bits per heavy atom. The zero-order valence-electron chi connectivity index (χ0n) is 8.34. The van der Waals surface area contributed by atoms with Crippen LogP contribution in [0.5, 0.6) is 0 Å². The zero-order chi connectivity index (χ0) is 9.97. The van der Waals surface area contributed by atoms with Gasteiger partial charge < -0.3 is 4.98 Å². The lowest BCUT2D eigenvalue weighted by Gasteiger charge is -2.13. The number of rotatable bonds is 1. The SMILES string of the molecule is Cc1cc(=S)[nH]cc1C1=NCCCC1. The molecule has 2 rings (SSSR count). The molecule has 1 N–H and O–H groups in total. The summed E-state index contributed by atoms with van der Waals surface area (Å²) >= 11 is 5.07. The van der Waals surface area contributed by atoms with E-state index in [1.165, 1.54) is 29.7 Å². The first kappa shape index (κ1) is 9.59. The molecule has 2 nitrogen and oxygen atoms in total. The highest BCUT2D eigenvalue weighted by Crippen LogP contribution is 2.15. The fraction of sp³-hybridized carbons (Fsp3) is 0.455. The molecule has 0 saturated heterocycles. The van der Waals surface area contributed by atoms with Gasteiger partial charge in [0.2, 0.25) is 0 Å². The van der Waals surface area contributed by atoms with Crippen LogP contribution in [0, 0.1) is 11.6 Å². The lowest BCUT2D eigenvalue weighted by atomic mass is 10.00. The average molecular weight is 206 g/mol. The second-order valence-electron chi connectivity index (χ2n) is 3.68. The van der Waals surface area contributed by atoms with E-state index in [0.717, 1.165) is 17.6 Å². The standard InChI is InChI=1S/C11H14N2S/c1-8-6-11(14)13-7-9(8)10-4-2-3-5-12-10/h6-7H,2-5H2,1H3,(H,13,14). The van der Waals surface area contributed by atoms with Gasteiger partial charge in [-0.3, -0.25) is 4.99 Å². The van der Waals surface area contributed by atoms with E-state index in [-0.39, 0.29) is 0 Å². The number of aryl methyl sites for hydroxylation is 1. The minimum absolute atomic E-state index is 0.794. The Bertz CT molecular complexity index is 418.